The predicted molar refractivity (Wildman–Crippen MR) is 92.7 cm³/mol. The fourth-order valence-electron chi connectivity index (χ4n) is 1.70. The molecule has 1 atom stereocenters. The summed E-state index contributed by atoms with van der Waals surface area (Å²) in [7, 11) is 0. The van der Waals surface area contributed by atoms with E-state index in [1.165, 1.54) is 0 Å². The Morgan fingerprint density at radius 3 is 2.53 bits per heavy atom. The van der Waals surface area contributed by atoms with E-state index >= 15 is 0 Å². The summed E-state index contributed by atoms with van der Waals surface area (Å²) in [6, 6.07) is 7.92. The number of thiophene rings is 1. The molecule has 2 rings (SSSR count). The van der Waals surface area contributed by atoms with Gasteiger partial charge in [0.15, 0.2) is 0 Å². The van der Waals surface area contributed by atoms with E-state index in [4.69, 9.17) is 16.3 Å². The van der Waals surface area contributed by atoms with Crippen molar-refractivity contribution in [3.05, 3.63) is 47.4 Å². The molecule has 19 heavy (non-hydrogen) atoms. The molecule has 1 unspecified atom stereocenters. The summed E-state index contributed by atoms with van der Waals surface area (Å²) in [5.74, 6) is 0.819. The minimum Gasteiger partial charge on any atom is -0.494 e. The van der Waals surface area contributed by atoms with Crippen LogP contribution in [-0.4, -0.2) is 6.61 Å². The molecular weight excluding hydrogens is 479 g/mol. The van der Waals surface area contributed by atoms with E-state index in [-0.39, 0.29) is 5.38 Å². The zero-order valence-corrected chi connectivity index (χ0v) is 16.3. The minimum atomic E-state index is -0.254. The lowest BCUT2D eigenvalue weighted by Gasteiger charge is -2.15. The van der Waals surface area contributed by atoms with Crippen LogP contribution in [0, 0.1) is 0 Å². The zero-order chi connectivity index (χ0) is 14.0. The van der Waals surface area contributed by atoms with Crippen LogP contribution in [0.15, 0.2) is 36.3 Å². The highest BCUT2D eigenvalue weighted by Gasteiger charge is 2.20. The zero-order valence-electron chi connectivity index (χ0n) is 9.92. The van der Waals surface area contributed by atoms with Gasteiger partial charge in [-0.05, 0) is 63.0 Å². The standard InChI is InChI=1S/C13H10Br3ClOS/c1-2-18-10-4-3-7(14)5-8(10)12(17)9-6-11(15)19-13(9)16/h3-6,12H,2H2,1H3. The lowest BCUT2D eigenvalue weighted by atomic mass is 10.1. The molecule has 0 fully saturated rings. The molecule has 0 radical (unpaired) electrons. The molecule has 0 bridgehead atoms. The van der Waals surface area contributed by atoms with Crippen LogP contribution in [0.4, 0.5) is 0 Å². The van der Waals surface area contributed by atoms with Gasteiger partial charge in [0.2, 0.25) is 0 Å². The summed E-state index contributed by atoms with van der Waals surface area (Å²) in [6.45, 7) is 2.58. The Balaban J connectivity index is 2.45. The van der Waals surface area contributed by atoms with Crippen LogP contribution >= 0.6 is 70.7 Å². The Labute approximate surface area is 146 Å². The first-order valence-corrected chi connectivity index (χ1v) is 9.17. The Morgan fingerprint density at radius 1 is 1.21 bits per heavy atom. The molecule has 2 aromatic rings. The maximum Gasteiger partial charge on any atom is 0.124 e. The van der Waals surface area contributed by atoms with Gasteiger partial charge in [0.25, 0.3) is 0 Å². The van der Waals surface area contributed by atoms with Crippen molar-refractivity contribution in [2.75, 3.05) is 6.61 Å². The Kier molecular flexibility index (Phi) is 5.78. The topological polar surface area (TPSA) is 9.23 Å². The van der Waals surface area contributed by atoms with Gasteiger partial charge in [-0.1, -0.05) is 15.9 Å². The van der Waals surface area contributed by atoms with Gasteiger partial charge in [-0.25, -0.2) is 0 Å². The van der Waals surface area contributed by atoms with Crippen molar-refractivity contribution in [1.29, 1.82) is 0 Å². The fraction of sp³-hybridized carbons (Fsp3) is 0.231. The van der Waals surface area contributed by atoms with Gasteiger partial charge in [0.1, 0.15) is 5.75 Å². The normalized spacial score (nSPS) is 12.5. The van der Waals surface area contributed by atoms with Crippen LogP contribution in [0.3, 0.4) is 0 Å². The molecular formula is C13H10Br3ClOS. The first kappa shape index (κ1) is 15.8. The van der Waals surface area contributed by atoms with Gasteiger partial charge >= 0.3 is 0 Å². The van der Waals surface area contributed by atoms with Gasteiger partial charge in [-0.2, -0.15) is 0 Å². The van der Waals surface area contributed by atoms with E-state index in [1.807, 2.05) is 31.2 Å². The van der Waals surface area contributed by atoms with E-state index in [0.29, 0.717) is 6.61 Å². The highest BCUT2D eigenvalue weighted by Crippen LogP contribution is 2.43. The van der Waals surface area contributed by atoms with Gasteiger partial charge < -0.3 is 4.74 Å². The highest BCUT2D eigenvalue weighted by atomic mass is 79.9. The molecule has 0 N–H and O–H groups in total. The van der Waals surface area contributed by atoms with Crippen molar-refractivity contribution >= 4 is 70.7 Å². The number of hydrogen-bond donors (Lipinski definition) is 0. The van der Waals surface area contributed by atoms with E-state index in [2.05, 4.69) is 47.8 Å². The van der Waals surface area contributed by atoms with E-state index in [9.17, 15) is 0 Å². The van der Waals surface area contributed by atoms with E-state index < -0.39 is 0 Å². The van der Waals surface area contributed by atoms with Crippen molar-refractivity contribution in [3.8, 4) is 5.75 Å². The summed E-state index contributed by atoms with van der Waals surface area (Å²) in [4.78, 5) is 0. The first-order chi connectivity index (χ1) is 9.02. The van der Waals surface area contributed by atoms with Crippen LogP contribution in [0.2, 0.25) is 0 Å². The second kappa shape index (κ2) is 6.94. The lowest BCUT2D eigenvalue weighted by molar-refractivity contribution is 0.337. The van der Waals surface area contributed by atoms with E-state index in [0.717, 1.165) is 28.9 Å². The number of benzene rings is 1. The Morgan fingerprint density at radius 2 is 1.95 bits per heavy atom. The molecule has 0 amide bonds. The third-order valence-electron chi connectivity index (χ3n) is 2.50. The SMILES string of the molecule is CCOc1ccc(Br)cc1C(Cl)c1cc(Br)sc1Br. The first-order valence-electron chi connectivity index (χ1n) is 5.54. The second-order valence-corrected chi connectivity index (χ2v) is 8.86. The molecule has 0 saturated carbocycles. The molecule has 102 valence electrons. The molecule has 0 aliphatic heterocycles. The van der Waals surface area contributed by atoms with Crippen molar-refractivity contribution in [3.63, 3.8) is 0 Å². The minimum absolute atomic E-state index is 0.254. The second-order valence-electron chi connectivity index (χ2n) is 3.76. The quantitative estimate of drug-likeness (QED) is 0.431. The predicted octanol–water partition coefficient (Wildman–Crippen LogP) is 6.76. The Bertz CT molecular complexity index is 585. The molecule has 0 aliphatic rings. The summed E-state index contributed by atoms with van der Waals surface area (Å²) >= 11 is 18.7. The monoisotopic (exact) mass is 486 g/mol. The number of alkyl halides is 1. The third-order valence-corrected chi connectivity index (χ3v) is 5.85. The number of halogens is 4. The Hall–Kier alpha value is 0.450. The number of ether oxygens (including phenoxy) is 1. The van der Waals surface area contributed by atoms with Gasteiger partial charge in [-0.15, -0.1) is 22.9 Å². The van der Waals surface area contributed by atoms with Crippen LogP contribution in [-0.2, 0) is 0 Å². The van der Waals surface area contributed by atoms with Gasteiger partial charge in [0, 0.05) is 15.6 Å². The molecule has 0 saturated heterocycles. The maximum absolute atomic E-state index is 6.62. The van der Waals surface area contributed by atoms with Crippen molar-refractivity contribution in [2.45, 2.75) is 12.3 Å². The van der Waals surface area contributed by atoms with Crippen molar-refractivity contribution in [1.82, 2.24) is 0 Å². The van der Waals surface area contributed by atoms with Crippen LogP contribution in [0.1, 0.15) is 23.4 Å². The van der Waals surface area contributed by atoms with E-state index in [1.54, 1.807) is 11.3 Å². The van der Waals surface area contributed by atoms with Crippen LogP contribution < -0.4 is 4.74 Å². The van der Waals surface area contributed by atoms with Gasteiger partial charge in [-0.3, -0.25) is 0 Å². The van der Waals surface area contributed by atoms with Crippen molar-refractivity contribution in [2.24, 2.45) is 0 Å². The molecule has 0 spiro atoms. The smallest absolute Gasteiger partial charge is 0.124 e. The van der Waals surface area contributed by atoms with Gasteiger partial charge in [0.05, 0.1) is 19.6 Å². The largest absolute Gasteiger partial charge is 0.494 e. The number of rotatable bonds is 4. The van der Waals surface area contributed by atoms with Crippen molar-refractivity contribution < 1.29 is 4.74 Å². The molecule has 1 heterocycles. The molecule has 1 aromatic carbocycles. The summed E-state index contributed by atoms with van der Waals surface area (Å²) in [6.07, 6.45) is 0. The molecule has 6 heteroatoms. The molecule has 1 nitrogen and oxygen atoms in total. The van der Waals surface area contributed by atoms with Crippen LogP contribution in [0.5, 0.6) is 5.75 Å². The maximum atomic E-state index is 6.62. The summed E-state index contributed by atoms with van der Waals surface area (Å²) in [5.41, 5.74) is 2.00. The highest BCUT2D eigenvalue weighted by molar-refractivity contribution is 9.12. The number of hydrogen-bond acceptors (Lipinski definition) is 2. The average molecular weight is 489 g/mol. The average Bonchev–Trinajstić information content (AvgIpc) is 2.70. The van der Waals surface area contributed by atoms with Crippen LogP contribution in [0.25, 0.3) is 0 Å². The molecule has 0 aliphatic carbocycles. The summed E-state index contributed by atoms with van der Waals surface area (Å²) < 4.78 is 8.72. The third kappa shape index (κ3) is 3.76. The summed E-state index contributed by atoms with van der Waals surface area (Å²) in [5, 5.41) is -0.254. The molecule has 1 aromatic heterocycles. The fourth-order valence-corrected chi connectivity index (χ4v) is 5.52. The lowest BCUT2D eigenvalue weighted by Crippen LogP contribution is -2.00.